The lowest BCUT2D eigenvalue weighted by atomic mass is 10.2. The first kappa shape index (κ1) is 21.9. The Morgan fingerprint density at radius 3 is 2.56 bits per heavy atom. The average molecular weight is 468 g/mol. The van der Waals surface area contributed by atoms with Crippen molar-refractivity contribution in [3.8, 4) is 22.7 Å². The van der Waals surface area contributed by atoms with E-state index in [1.807, 2.05) is 47.2 Å². The third-order valence-corrected chi connectivity index (χ3v) is 5.87. The third-order valence-electron chi connectivity index (χ3n) is 4.62. The van der Waals surface area contributed by atoms with Gasteiger partial charge in [0, 0.05) is 23.1 Å². The second-order valence-corrected chi connectivity index (χ2v) is 8.16. The van der Waals surface area contributed by atoms with Crippen LogP contribution in [0.3, 0.4) is 0 Å². The molecule has 0 aliphatic rings. The fourth-order valence-electron chi connectivity index (χ4n) is 3.06. The number of amides is 1. The van der Waals surface area contributed by atoms with E-state index in [4.69, 9.17) is 21.3 Å². The second kappa shape index (κ2) is 9.89. The zero-order valence-corrected chi connectivity index (χ0v) is 18.7. The number of nitrogens with one attached hydrogen (secondary N) is 1. The molecule has 3 aromatic carbocycles. The minimum absolute atomic E-state index is 0.131. The normalized spacial score (nSPS) is 10.7. The maximum atomic E-state index is 13.1. The van der Waals surface area contributed by atoms with E-state index >= 15 is 0 Å². The molecule has 32 heavy (non-hydrogen) atoms. The maximum absolute atomic E-state index is 13.1. The summed E-state index contributed by atoms with van der Waals surface area (Å²) >= 11 is 7.62. The van der Waals surface area contributed by atoms with Crippen molar-refractivity contribution < 1.29 is 13.9 Å². The minimum atomic E-state index is -0.356. The molecule has 0 saturated heterocycles. The number of aromatic nitrogens is 2. The fourth-order valence-corrected chi connectivity index (χ4v) is 4.11. The number of methoxy groups -OCH3 is 1. The van der Waals surface area contributed by atoms with Gasteiger partial charge in [0.2, 0.25) is 5.91 Å². The Morgan fingerprint density at radius 1 is 1.12 bits per heavy atom. The van der Waals surface area contributed by atoms with E-state index in [1.54, 1.807) is 19.2 Å². The van der Waals surface area contributed by atoms with Crippen molar-refractivity contribution in [3.63, 3.8) is 0 Å². The Kier molecular flexibility index (Phi) is 6.78. The number of ether oxygens (including phenoxy) is 1. The molecule has 5 nitrogen and oxygen atoms in total. The van der Waals surface area contributed by atoms with E-state index < -0.39 is 0 Å². The molecular formula is C24H19ClFN3O2S. The van der Waals surface area contributed by atoms with Gasteiger partial charge < -0.3 is 10.1 Å². The smallest absolute Gasteiger partial charge is 0.234 e. The molecule has 0 saturated carbocycles. The summed E-state index contributed by atoms with van der Waals surface area (Å²) in [5.41, 5.74) is 3.07. The Labute approximate surface area is 194 Å². The molecule has 0 radical (unpaired) electrons. The Morgan fingerprint density at radius 2 is 1.88 bits per heavy atom. The third kappa shape index (κ3) is 5.12. The SMILES string of the molecule is COc1ccc(-n2cc(-c3ccccc3)nc2SCC(=O)Nc2ccc(F)cc2)cc1Cl. The van der Waals surface area contributed by atoms with Gasteiger partial charge in [-0.05, 0) is 42.5 Å². The first-order valence-electron chi connectivity index (χ1n) is 9.70. The summed E-state index contributed by atoms with van der Waals surface area (Å²) < 4.78 is 20.2. The van der Waals surface area contributed by atoms with Crippen LogP contribution in [-0.2, 0) is 4.79 Å². The quantitative estimate of drug-likeness (QED) is 0.335. The number of rotatable bonds is 7. The van der Waals surface area contributed by atoms with Gasteiger partial charge in [-0.25, -0.2) is 9.37 Å². The predicted octanol–water partition coefficient (Wildman–Crippen LogP) is 6.07. The summed E-state index contributed by atoms with van der Waals surface area (Å²) in [5, 5.41) is 3.88. The molecule has 0 aliphatic heterocycles. The molecule has 8 heteroatoms. The van der Waals surface area contributed by atoms with Gasteiger partial charge in [-0.15, -0.1) is 0 Å². The zero-order chi connectivity index (χ0) is 22.5. The van der Waals surface area contributed by atoms with Crippen molar-refractivity contribution in [3.05, 3.63) is 89.8 Å². The molecule has 0 aliphatic carbocycles. The topological polar surface area (TPSA) is 56.2 Å². The van der Waals surface area contributed by atoms with Gasteiger partial charge in [-0.2, -0.15) is 0 Å². The van der Waals surface area contributed by atoms with Crippen LogP contribution in [0.5, 0.6) is 5.75 Å². The van der Waals surface area contributed by atoms with Crippen molar-refractivity contribution in [1.82, 2.24) is 9.55 Å². The Hall–Kier alpha value is -3.29. The summed E-state index contributed by atoms with van der Waals surface area (Å²) in [6, 6.07) is 20.9. The number of anilines is 1. The molecule has 162 valence electrons. The predicted molar refractivity (Wildman–Crippen MR) is 126 cm³/mol. The first-order chi connectivity index (χ1) is 15.5. The van der Waals surface area contributed by atoms with Crippen LogP contribution in [-0.4, -0.2) is 28.3 Å². The van der Waals surface area contributed by atoms with Crippen LogP contribution in [0.15, 0.2) is 84.1 Å². The standard InChI is InChI=1S/C24H19ClFN3O2S/c1-31-22-12-11-19(13-20(22)25)29-14-21(16-5-3-2-4-6-16)28-24(29)32-15-23(30)27-18-9-7-17(26)8-10-18/h2-14H,15H2,1H3,(H,27,30). The molecule has 1 amide bonds. The summed E-state index contributed by atoms with van der Waals surface area (Å²) in [5.74, 6) is 0.134. The number of nitrogens with zero attached hydrogens (tertiary/aromatic N) is 2. The number of thioether (sulfide) groups is 1. The highest BCUT2D eigenvalue weighted by Crippen LogP contribution is 2.31. The number of hydrogen-bond donors (Lipinski definition) is 1. The van der Waals surface area contributed by atoms with Gasteiger partial charge in [0.1, 0.15) is 11.6 Å². The highest BCUT2D eigenvalue weighted by atomic mass is 35.5. The number of benzene rings is 3. The van der Waals surface area contributed by atoms with Gasteiger partial charge in [-0.1, -0.05) is 53.7 Å². The summed E-state index contributed by atoms with van der Waals surface area (Å²) in [6.45, 7) is 0. The molecule has 0 unspecified atom stereocenters. The Balaban J connectivity index is 1.59. The van der Waals surface area contributed by atoms with Crippen LogP contribution in [0.25, 0.3) is 16.9 Å². The zero-order valence-electron chi connectivity index (χ0n) is 17.1. The lowest BCUT2D eigenvalue weighted by Crippen LogP contribution is -2.14. The molecular weight excluding hydrogens is 449 g/mol. The van der Waals surface area contributed by atoms with Gasteiger partial charge in [-0.3, -0.25) is 9.36 Å². The highest BCUT2D eigenvalue weighted by molar-refractivity contribution is 7.99. The van der Waals surface area contributed by atoms with Crippen LogP contribution in [0, 0.1) is 5.82 Å². The number of carbonyl (C=O) groups excluding carboxylic acids is 1. The number of imidazole rings is 1. The van der Waals surface area contributed by atoms with E-state index in [0.29, 0.717) is 21.6 Å². The van der Waals surface area contributed by atoms with Crippen molar-refractivity contribution >= 4 is 35.0 Å². The summed E-state index contributed by atoms with van der Waals surface area (Å²) in [6.07, 6.45) is 1.91. The summed E-state index contributed by atoms with van der Waals surface area (Å²) in [7, 11) is 1.56. The molecule has 0 spiro atoms. The van der Waals surface area contributed by atoms with Crippen LogP contribution in [0.4, 0.5) is 10.1 Å². The van der Waals surface area contributed by atoms with E-state index in [-0.39, 0.29) is 17.5 Å². The first-order valence-corrected chi connectivity index (χ1v) is 11.1. The molecule has 1 N–H and O–H groups in total. The lowest BCUT2D eigenvalue weighted by Gasteiger charge is -2.10. The van der Waals surface area contributed by atoms with Crippen molar-refractivity contribution in [2.45, 2.75) is 5.16 Å². The van der Waals surface area contributed by atoms with Gasteiger partial charge >= 0.3 is 0 Å². The number of halogens is 2. The van der Waals surface area contributed by atoms with Gasteiger partial charge in [0.05, 0.1) is 23.6 Å². The van der Waals surface area contributed by atoms with Gasteiger partial charge in [0.15, 0.2) is 5.16 Å². The van der Waals surface area contributed by atoms with Crippen LogP contribution < -0.4 is 10.1 Å². The van der Waals surface area contributed by atoms with Crippen LogP contribution in [0.2, 0.25) is 5.02 Å². The van der Waals surface area contributed by atoms with E-state index in [1.165, 1.54) is 36.0 Å². The Bertz CT molecular complexity index is 1230. The number of carbonyl (C=O) groups is 1. The second-order valence-electron chi connectivity index (χ2n) is 6.81. The highest BCUT2D eigenvalue weighted by Gasteiger charge is 2.15. The molecule has 0 bridgehead atoms. The van der Waals surface area contributed by atoms with E-state index in [9.17, 15) is 9.18 Å². The van der Waals surface area contributed by atoms with Crippen LogP contribution >= 0.6 is 23.4 Å². The van der Waals surface area contributed by atoms with Crippen LogP contribution in [0.1, 0.15) is 0 Å². The van der Waals surface area contributed by atoms with Gasteiger partial charge in [0.25, 0.3) is 0 Å². The maximum Gasteiger partial charge on any atom is 0.234 e. The fraction of sp³-hybridized carbons (Fsp3) is 0.0833. The molecule has 1 aromatic heterocycles. The summed E-state index contributed by atoms with van der Waals surface area (Å²) in [4.78, 5) is 17.2. The molecule has 4 aromatic rings. The van der Waals surface area contributed by atoms with Crippen molar-refractivity contribution in [2.24, 2.45) is 0 Å². The van der Waals surface area contributed by atoms with E-state index in [2.05, 4.69) is 5.32 Å². The minimum Gasteiger partial charge on any atom is -0.495 e. The number of hydrogen-bond acceptors (Lipinski definition) is 4. The van der Waals surface area contributed by atoms with E-state index in [0.717, 1.165) is 16.9 Å². The largest absolute Gasteiger partial charge is 0.495 e. The molecule has 1 heterocycles. The molecule has 0 atom stereocenters. The average Bonchev–Trinajstić information content (AvgIpc) is 3.24. The van der Waals surface area contributed by atoms with Crippen molar-refractivity contribution in [2.75, 3.05) is 18.2 Å². The molecule has 4 rings (SSSR count). The lowest BCUT2D eigenvalue weighted by molar-refractivity contribution is -0.113. The van der Waals surface area contributed by atoms with Crippen molar-refractivity contribution in [1.29, 1.82) is 0 Å². The molecule has 0 fully saturated rings. The monoisotopic (exact) mass is 467 g/mol.